The second-order valence-electron chi connectivity index (χ2n) is 8.10. The van der Waals surface area contributed by atoms with E-state index in [1.54, 1.807) is 31.7 Å². The number of hydrogen-bond donors (Lipinski definition) is 1. The number of nitrogens with zero attached hydrogens (tertiary/aromatic N) is 6. The summed E-state index contributed by atoms with van der Waals surface area (Å²) < 4.78 is 12.5. The largest absolute Gasteiger partial charge is 0.489 e. The Morgan fingerprint density at radius 2 is 2.00 bits per heavy atom. The number of ether oxygens (including phenoxy) is 2. The molecule has 1 atom stereocenters. The van der Waals surface area contributed by atoms with Crippen molar-refractivity contribution in [3.63, 3.8) is 0 Å². The van der Waals surface area contributed by atoms with Crippen LogP contribution in [0.2, 0.25) is 0 Å². The van der Waals surface area contributed by atoms with Gasteiger partial charge in [-0.05, 0) is 17.7 Å². The molecule has 1 aliphatic heterocycles. The minimum atomic E-state index is -0.374. The Balaban J connectivity index is 1.42. The number of morpholine rings is 1. The zero-order chi connectivity index (χ0) is 24.5. The molecule has 0 bridgehead atoms. The lowest BCUT2D eigenvalue weighted by atomic mass is 10.1. The van der Waals surface area contributed by atoms with Crippen LogP contribution >= 0.6 is 0 Å². The Bertz CT molecular complexity index is 1200. The van der Waals surface area contributed by atoms with Crippen LogP contribution in [0.1, 0.15) is 17.2 Å². The van der Waals surface area contributed by atoms with E-state index in [-0.39, 0.29) is 18.0 Å². The molecule has 1 aromatic carbocycles. The van der Waals surface area contributed by atoms with Crippen molar-refractivity contribution in [2.75, 3.05) is 46.5 Å². The van der Waals surface area contributed by atoms with Crippen molar-refractivity contribution in [1.82, 2.24) is 24.6 Å². The molecule has 0 spiro atoms. The van der Waals surface area contributed by atoms with Crippen LogP contribution in [0.3, 0.4) is 0 Å². The summed E-state index contributed by atoms with van der Waals surface area (Å²) in [4.78, 5) is 27.6. The first kappa shape index (κ1) is 24.4. The quantitative estimate of drug-likeness (QED) is 0.445. The minimum absolute atomic E-state index is 0.217. The van der Waals surface area contributed by atoms with Gasteiger partial charge >= 0.3 is 0 Å². The molecule has 0 amide bonds. The molecule has 1 unspecified atom stereocenters. The van der Waals surface area contributed by atoms with Crippen LogP contribution in [0.15, 0.2) is 58.6 Å². The van der Waals surface area contributed by atoms with Crippen molar-refractivity contribution >= 4 is 12.4 Å². The molecule has 1 fully saturated rings. The fraction of sp³-hybridized carbons (Fsp3) is 0.360. The molecule has 35 heavy (non-hydrogen) atoms. The van der Waals surface area contributed by atoms with E-state index < -0.39 is 0 Å². The number of nitrogens with one attached hydrogen (secondary N) is 1. The molecule has 1 N–H and O–H groups in total. The van der Waals surface area contributed by atoms with E-state index in [1.165, 1.54) is 17.0 Å². The van der Waals surface area contributed by atoms with Crippen LogP contribution in [0.5, 0.6) is 5.75 Å². The molecular formula is C25H29N7O3. The summed E-state index contributed by atoms with van der Waals surface area (Å²) >= 11 is 0. The van der Waals surface area contributed by atoms with Gasteiger partial charge in [0.2, 0.25) is 0 Å². The van der Waals surface area contributed by atoms with Crippen LogP contribution in [0, 0.1) is 5.41 Å². The summed E-state index contributed by atoms with van der Waals surface area (Å²) in [5, 5.41) is 12.0. The van der Waals surface area contributed by atoms with Crippen LogP contribution < -0.4 is 10.3 Å². The van der Waals surface area contributed by atoms with Gasteiger partial charge in [-0.15, -0.1) is 0 Å². The highest BCUT2D eigenvalue weighted by molar-refractivity contribution is 5.88. The molecule has 10 nitrogen and oxygen atoms in total. The van der Waals surface area contributed by atoms with Gasteiger partial charge in [0.1, 0.15) is 6.61 Å². The number of aromatic nitrogens is 4. The summed E-state index contributed by atoms with van der Waals surface area (Å²) in [6.45, 7) is 5.09. The maximum atomic E-state index is 12.4. The molecule has 3 heterocycles. The van der Waals surface area contributed by atoms with Gasteiger partial charge in [-0.1, -0.05) is 18.2 Å². The fourth-order valence-corrected chi connectivity index (χ4v) is 3.76. The molecule has 0 aliphatic carbocycles. The first-order valence-electron chi connectivity index (χ1n) is 11.5. The summed E-state index contributed by atoms with van der Waals surface area (Å²) in [5.74, 6) is 0.827. The van der Waals surface area contributed by atoms with E-state index in [2.05, 4.69) is 25.0 Å². The SMILES string of the molecule is CN=CC(C=N)c1ccc(=O)n(Cc2cccc(-c3ncc(OCCN4CCOCC4)cn3)c2)n1. The lowest BCUT2D eigenvalue weighted by Gasteiger charge is -2.26. The van der Waals surface area contributed by atoms with Crippen molar-refractivity contribution in [2.24, 2.45) is 4.99 Å². The predicted molar refractivity (Wildman–Crippen MR) is 134 cm³/mol. The average Bonchev–Trinajstić information content (AvgIpc) is 2.90. The topological polar surface area (TPSA) is 119 Å². The van der Waals surface area contributed by atoms with Crippen molar-refractivity contribution < 1.29 is 9.47 Å². The number of rotatable bonds is 10. The van der Waals surface area contributed by atoms with Crippen LogP contribution in [-0.4, -0.2) is 83.6 Å². The molecule has 2 aromatic heterocycles. The Labute approximate surface area is 203 Å². The molecule has 0 radical (unpaired) electrons. The van der Waals surface area contributed by atoms with Crippen LogP contribution in [-0.2, 0) is 11.3 Å². The van der Waals surface area contributed by atoms with Gasteiger partial charge in [-0.3, -0.25) is 14.7 Å². The predicted octanol–water partition coefficient (Wildman–Crippen LogP) is 1.89. The van der Waals surface area contributed by atoms with Gasteiger partial charge in [0.25, 0.3) is 5.56 Å². The molecule has 4 rings (SSSR count). The maximum absolute atomic E-state index is 12.4. The van der Waals surface area contributed by atoms with E-state index in [0.717, 1.165) is 44.0 Å². The van der Waals surface area contributed by atoms with E-state index in [0.29, 0.717) is 23.9 Å². The Kier molecular flexibility index (Phi) is 8.42. The maximum Gasteiger partial charge on any atom is 0.267 e. The van der Waals surface area contributed by atoms with Gasteiger partial charge in [0.05, 0.1) is 43.8 Å². The standard InChI is InChI=1S/C25H29N7O3/c1-27-15-21(14-26)23-5-6-24(33)32(30-23)18-19-3-2-4-20(13-19)25-28-16-22(17-29-25)35-12-9-31-7-10-34-11-8-31/h2-6,13-17,21,26H,7-12,18H2,1H3. The monoisotopic (exact) mass is 475 g/mol. The van der Waals surface area contributed by atoms with Crippen LogP contribution in [0.4, 0.5) is 0 Å². The number of hydrogen-bond acceptors (Lipinski definition) is 9. The first-order valence-corrected chi connectivity index (χ1v) is 11.5. The summed E-state index contributed by atoms with van der Waals surface area (Å²) in [6, 6.07) is 10.8. The van der Waals surface area contributed by atoms with Crippen molar-refractivity contribution in [1.29, 1.82) is 5.41 Å². The van der Waals surface area contributed by atoms with Crippen molar-refractivity contribution in [3.8, 4) is 17.1 Å². The molecule has 1 saturated heterocycles. The molecule has 182 valence electrons. The Morgan fingerprint density at radius 1 is 1.20 bits per heavy atom. The van der Waals surface area contributed by atoms with Crippen molar-refractivity contribution in [3.05, 3.63) is 70.4 Å². The molecule has 10 heteroatoms. The number of benzene rings is 1. The summed E-state index contributed by atoms with van der Waals surface area (Å²) in [7, 11) is 1.64. The van der Waals surface area contributed by atoms with Gasteiger partial charge in [-0.25, -0.2) is 14.6 Å². The van der Waals surface area contributed by atoms with Crippen molar-refractivity contribution in [2.45, 2.75) is 12.5 Å². The van der Waals surface area contributed by atoms with E-state index in [1.807, 2.05) is 24.3 Å². The van der Waals surface area contributed by atoms with Gasteiger partial charge < -0.3 is 14.9 Å². The van der Waals surface area contributed by atoms with Crippen LogP contribution in [0.25, 0.3) is 11.4 Å². The van der Waals surface area contributed by atoms with E-state index in [4.69, 9.17) is 14.9 Å². The van der Waals surface area contributed by atoms with E-state index in [9.17, 15) is 4.79 Å². The summed E-state index contributed by atoms with van der Waals surface area (Å²) in [6.07, 6.45) is 6.23. The first-order chi connectivity index (χ1) is 17.2. The molecule has 0 saturated carbocycles. The average molecular weight is 476 g/mol. The zero-order valence-corrected chi connectivity index (χ0v) is 19.7. The van der Waals surface area contributed by atoms with Gasteiger partial charge in [0.15, 0.2) is 11.6 Å². The highest BCUT2D eigenvalue weighted by Gasteiger charge is 2.12. The second-order valence-corrected chi connectivity index (χ2v) is 8.10. The molecule has 3 aromatic rings. The minimum Gasteiger partial charge on any atom is -0.489 e. The molecular weight excluding hydrogens is 446 g/mol. The number of aliphatic imine (C=N–C) groups is 1. The van der Waals surface area contributed by atoms with Gasteiger partial charge in [-0.2, -0.15) is 5.10 Å². The third kappa shape index (κ3) is 6.65. The normalized spacial score (nSPS) is 15.2. The zero-order valence-electron chi connectivity index (χ0n) is 19.7. The van der Waals surface area contributed by atoms with E-state index >= 15 is 0 Å². The highest BCUT2D eigenvalue weighted by Crippen LogP contribution is 2.18. The summed E-state index contributed by atoms with van der Waals surface area (Å²) in [5.41, 5.74) is 2.10. The third-order valence-corrected chi connectivity index (χ3v) is 5.64. The lowest BCUT2D eigenvalue weighted by Crippen LogP contribution is -2.38. The fourth-order valence-electron chi connectivity index (χ4n) is 3.76. The Morgan fingerprint density at radius 3 is 2.74 bits per heavy atom. The smallest absolute Gasteiger partial charge is 0.267 e. The third-order valence-electron chi connectivity index (χ3n) is 5.64. The van der Waals surface area contributed by atoms with Gasteiger partial charge in [0, 0.05) is 50.7 Å². The molecule has 1 aliphatic rings. The highest BCUT2D eigenvalue weighted by atomic mass is 16.5. The second kappa shape index (κ2) is 12.1. The Hall–Kier alpha value is -3.76. The lowest BCUT2D eigenvalue weighted by molar-refractivity contribution is 0.0322.